The molecule has 0 rings (SSSR count). The summed E-state index contributed by atoms with van der Waals surface area (Å²) in [7, 11) is 0. The van der Waals surface area contributed by atoms with Gasteiger partial charge in [0.2, 0.25) is 0 Å². The lowest BCUT2D eigenvalue weighted by Crippen LogP contribution is -2.15. The maximum absolute atomic E-state index is 9.92. The molecule has 0 aliphatic heterocycles. The quantitative estimate of drug-likeness (QED) is 0.408. The average Bonchev–Trinajstić information content (AvgIpc) is 1.90. The molecule has 0 aliphatic carbocycles. The van der Waals surface area contributed by atoms with Crippen LogP contribution in [0.1, 0.15) is 13.8 Å². The molecule has 0 amide bonds. The molecule has 0 unspecified atom stereocenters. The number of carboxylic acid groups (broad SMARTS) is 1. The van der Waals surface area contributed by atoms with Crippen molar-refractivity contribution in [2.75, 3.05) is 13.2 Å². The van der Waals surface area contributed by atoms with Crippen LogP contribution in [0.5, 0.6) is 0 Å². The van der Waals surface area contributed by atoms with E-state index in [1.165, 1.54) is 0 Å². The Labute approximate surface area is 64.6 Å². The Morgan fingerprint density at radius 2 is 1.73 bits per heavy atom. The molecule has 0 radical (unpaired) electrons. The molecule has 5 nitrogen and oxygen atoms in total. The van der Waals surface area contributed by atoms with Crippen LogP contribution in [0.25, 0.3) is 0 Å². The van der Waals surface area contributed by atoms with Crippen molar-refractivity contribution < 1.29 is 24.5 Å². The summed E-state index contributed by atoms with van der Waals surface area (Å²) in [5, 5.41) is 15.4. The molecular weight excluding hydrogens is 152 g/mol. The van der Waals surface area contributed by atoms with E-state index in [-0.39, 0.29) is 13.2 Å². The highest BCUT2D eigenvalue weighted by molar-refractivity contribution is 6.28. The van der Waals surface area contributed by atoms with Gasteiger partial charge in [-0.2, -0.15) is 0 Å². The molecule has 0 aromatic heterocycles. The first-order valence-corrected chi connectivity index (χ1v) is 3.11. The highest BCUT2D eigenvalue weighted by Gasteiger charge is 2.09. The minimum atomic E-state index is -1.55. The summed E-state index contributed by atoms with van der Waals surface area (Å²) in [6.45, 7) is 3.58. The lowest BCUT2D eigenvalue weighted by atomic mass is 10.7. The number of aliphatic hydroxyl groups is 1. The van der Waals surface area contributed by atoms with Crippen LogP contribution in [0.2, 0.25) is 0 Å². The van der Waals surface area contributed by atoms with Crippen molar-refractivity contribution in [3.8, 4) is 0 Å². The first-order valence-electron chi connectivity index (χ1n) is 3.11. The predicted molar refractivity (Wildman–Crippen MR) is 37.0 cm³/mol. The number of aliphatic hydroxyl groups excluding tert-OH is 1. The molecule has 0 spiro atoms. The monoisotopic (exact) mass is 164 g/mol. The number of rotatable bonds is 1. The first-order chi connectivity index (χ1) is 5.09. The summed E-state index contributed by atoms with van der Waals surface area (Å²) in [4.78, 5) is 19.5. The lowest BCUT2D eigenvalue weighted by Gasteiger charge is -1.91. The summed E-state index contributed by atoms with van der Waals surface area (Å²) < 4.78 is 4.06. The number of esters is 1. The number of carboxylic acids is 1. The van der Waals surface area contributed by atoms with Crippen LogP contribution in [0, 0.1) is 0 Å². The van der Waals surface area contributed by atoms with Crippen LogP contribution in [0.4, 0.5) is 0 Å². The van der Waals surface area contributed by atoms with Crippen LogP contribution < -0.4 is 0 Å². The second-order valence-electron chi connectivity index (χ2n) is 1.34. The standard InChI is InChI=1S/C4H6O4.C2H6O/c1-2-8-4(7)3(5)6;1-2-3/h2H2,1H3,(H,5,6);3H,2H2,1H3. The van der Waals surface area contributed by atoms with Gasteiger partial charge in [0.1, 0.15) is 0 Å². The third kappa shape index (κ3) is 12.2. The second-order valence-corrected chi connectivity index (χ2v) is 1.34. The Morgan fingerprint density at radius 3 is 1.82 bits per heavy atom. The SMILES string of the molecule is CCO.CCOC(=O)C(=O)O. The van der Waals surface area contributed by atoms with E-state index in [0.717, 1.165) is 0 Å². The molecule has 0 saturated heterocycles. The van der Waals surface area contributed by atoms with E-state index in [1.807, 2.05) is 0 Å². The zero-order valence-corrected chi connectivity index (χ0v) is 6.53. The van der Waals surface area contributed by atoms with Crippen molar-refractivity contribution in [1.29, 1.82) is 0 Å². The molecule has 0 aliphatic rings. The van der Waals surface area contributed by atoms with Gasteiger partial charge in [0.05, 0.1) is 6.61 Å². The van der Waals surface area contributed by atoms with Gasteiger partial charge in [-0.25, -0.2) is 9.59 Å². The van der Waals surface area contributed by atoms with Crippen LogP contribution in [0.3, 0.4) is 0 Å². The second kappa shape index (κ2) is 8.90. The molecule has 2 N–H and O–H groups in total. The molecule has 0 aromatic carbocycles. The number of hydrogen-bond donors (Lipinski definition) is 2. The lowest BCUT2D eigenvalue weighted by molar-refractivity contribution is -0.163. The number of ether oxygens (including phenoxy) is 1. The first kappa shape index (κ1) is 12.6. The van der Waals surface area contributed by atoms with Crippen molar-refractivity contribution in [1.82, 2.24) is 0 Å². The highest BCUT2D eigenvalue weighted by atomic mass is 16.6. The van der Waals surface area contributed by atoms with Gasteiger partial charge < -0.3 is 14.9 Å². The fourth-order valence-electron chi connectivity index (χ4n) is 0.193. The van der Waals surface area contributed by atoms with Gasteiger partial charge in [0, 0.05) is 6.61 Å². The van der Waals surface area contributed by atoms with E-state index < -0.39 is 11.9 Å². The third-order valence-electron chi connectivity index (χ3n) is 0.450. The van der Waals surface area contributed by atoms with Crippen molar-refractivity contribution in [2.45, 2.75) is 13.8 Å². The van der Waals surface area contributed by atoms with Crippen molar-refractivity contribution in [3.63, 3.8) is 0 Å². The smallest absolute Gasteiger partial charge is 0.417 e. The fourth-order valence-corrected chi connectivity index (χ4v) is 0.193. The Kier molecular flexibility index (Phi) is 10.2. The Morgan fingerprint density at radius 1 is 1.36 bits per heavy atom. The molecular formula is C6H12O5. The Balaban J connectivity index is 0. The molecule has 66 valence electrons. The number of aliphatic carboxylic acids is 1. The zero-order chi connectivity index (χ0) is 9.28. The molecule has 0 bridgehead atoms. The molecule has 0 aromatic rings. The fraction of sp³-hybridized carbons (Fsp3) is 0.667. The van der Waals surface area contributed by atoms with E-state index in [0.29, 0.717) is 0 Å². The van der Waals surface area contributed by atoms with Crippen LogP contribution in [0.15, 0.2) is 0 Å². The van der Waals surface area contributed by atoms with Gasteiger partial charge in [0.25, 0.3) is 0 Å². The molecule has 0 fully saturated rings. The van der Waals surface area contributed by atoms with Gasteiger partial charge in [-0.15, -0.1) is 0 Å². The molecule has 0 saturated carbocycles. The van der Waals surface area contributed by atoms with Crippen LogP contribution >= 0.6 is 0 Å². The van der Waals surface area contributed by atoms with Crippen molar-refractivity contribution in [3.05, 3.63) is 0 Å². The molecule has 5 heteroatoms. The van der Waals surface area contributed by atoms with E-state index >= 15 is 0 Å². The van der Waals surface area contributed by atoms with Crippen LogP contribution in [-0.4, -0.2) is 35.4 Å². The van der Waals surface area contributed by atoms with Gasteiger partial charge in [0.15, 0.2) is 0 Å². The number of hydrogen-bond acceptors (Lipinski definition) is 4. The maximum Gasteiger partial charge on any atom is 0.417 e. The van der Waals surface area contributed by atoms with Gasteiger partial charge in [-0.1, -0.05) is 0 Å². The Bertz CT molecular complexity index is 120. The van der Waals surface area contributed by atoms with E-state index in [1.54, 1.807) is 13.8 Å². The summed E-state index contributed by atoms with van der Waals surface area (Å²) in [6, 6.07) is 0. The average molecular weight is 164 g/mol. The number of carbonyl (C=O) groups is 2. The maximum atomic E-state index is 9.92. The van der Waals surface area contributed by atoms with E-state index in [4.69, 9.17) is 10.2 Å². The molecule has 0 heterocycles. The van der Waals surface area contributed by atoms with E-state index in [9.17, 15) is 9.59 Å². The minimum Gasteiger partial charge on any atom is -0.473 e. The summed E-state index contributed by atoms with van der Waals surface area (Å²) in [5.41, 5.74) is 0. The van der Waals surface area contributed by atoms with Crippen molar-refractivity contribution in [2.24, 2.45) is 0 Å². The van der Waals surface area contributed by atoms with Crippen LogP contribution in [-0.2, 0) is 14.3 Å². The molecule has 0 atom stereocenters. The number of carbonyl (C=O) groups excluding carboxylic acids is 1. The predicted octanol–water partition coefficient (Wildman–Crippen LogP) is -0.367. The topological polar surface area (TPSA) is 83.8 Å². The van der Waals surface area contributed by atoms with E-state index in [2.05, 4.69) is 4.74 Å². The summed E-state index contributed by atoms with van der Waals surface area (Å²) in [6.07, 6.45) is 0. The Hall–Kier alpha value is -1.10. The normalized spacial score (nSPS) is 7.55. The van der Waals surface area contributed by atoms with Gasteiger partial charge in [-0.05, 0) is 13.8 Å². The van der Waals surface area contributed by atoms with Gasteiger partial charge in [-0.3, -0.25) is 0 Å². The summed E-state index contributed by atoms with van der Waals surface area (Å²) in [5.74, 6) is -2.75. The van der Waals surface area contributed by atoms with Gasteiger partial charge >= 0.3 is 11.9 Å². The largest absolute Gasteiger partial charge is 0.473 e. The minimum absolute atomic E-state index is 0.102. The highest BCUT2D eigenvalue weighted by Crippen LogP contribution is 1.74. The molecule has 11 heavy (non-hydrogen) atoms. The third-order valence-corrected chi connectivity index (χ3v) is 0.450. The zero-order valence-electron chi connectivity index (χ0n) is 6.53. The van der Waals surface area contributed by atoms with Crippen molar-refractivity contribution >= 4 is 11.9 Å². The summed E-state index contributed by atoms with van der Waals surface area (Å²) >= 11 is 0.